The number of fused-ring (bicyclic) bond motifs is 1. The number of anilines is 1. The fourth-order valence-corrected chi connectivity index (χ4v) is 2.34. The van der Waals surface area contributed by atoms with Crippen LogP contribution in [-0.4, -0.2) is 12.2 Å². The molecule has 0 atom stereocenters. The SMILES string of the molecule is O=C(Nc1ccc2c(c1)OC(F)(F)O2)c1ccc(Cl)c(C(F)(F)F)c1. The summed E-state index contributed by atoms with van der Waals surface area (Å²) in [5.41, 5.74) is -1.43. The van der Waals surface area contributed by atoms with Gasteiger partial charge in [-0.15, -0.1) is 8.78 Å². The molecule has 0 fully saturated rings. The quantitative estimate of drug-likeness (QED) is 0.752. The molecule has 0 aliphatic carbocycles. The van der Waals surface area contributed by atoms with Crippen LogP contribution in [0.25, 0.3) is 0 Å². The molecule has 132 valence electrons. The number of alkyl halides is 5. The Hall–Kier alpha value is -2.55. The Bertz CT molecular complexity index is 854. The Kier molecular flexibility index (Phi) is 3.98. The Morgan fingerprint density at radius 3 is 2.40 bits per heavy atom. The van der Waals surface area contributed by atoms with Crippen LogP contribution in [0, 0.1) is 0 Å². The molecule has 1 aliphatic rings. The van der Waals surface area contributed by atoms with E-state index in [0.717, 1.165) is 24.3 Å². The molecule has 25 heavy (non-hydrogen) atoms. The minimum Gasteiger partial charge on any atom is -0.395 e. The lowest BCUT2D eigenvalue weighted by atomic mass is 10.1. The molecule has 3 rings (SSSR count). The van der Waals surface area contributed by atoms with Gasteiger partial charge in [-0.25, -0.2) is 0 Å². The summed E-state index contributed by atoms with van der Waals surface area (Å²) in [6, 6.07) is 6.08. The first-order chi connectivity index (χ1) is 11.5. The van der Waals surface area contributed by atoms with Crippen molar-refractivity contribution < 1.29 is 36.2 Å². The minimum atomic E-state index is -4.72. The van der Waals surface area contributed by atoms with Gasteiger partial charge in [-0.2, -0.15) is 13.2 Å². The zero-order valence-electron chi connectivity index (χ0n) is 12.0. The summed E-state index contributed by atoms with van der Waals surface area (Å²) in [7, 11) is 0. The van der Waals surface area contributed by atoms with Crippen molar-refractivity contribution in [2.75, 3.05) is 5.32 Å². The number of ether oxygens (including phenoxy) is 2. The molecule has 4 nitrogen and oxygen atoms in total. The number of rotatable bonds is 2. The summed E-state index contributed by atoms with van der Waals surface area (Å²) in [6.45, 7) is 0. The van der Waals surface area contributed by atoms with Crippen LogP contribution in [0.4, 0.5) is 27.6 Å². The minimum absolute atomic E-state index is 0.0357. The van der Waals surface area contributed by atoms with Crippen molar-refractivity contribution in [3.05, 3.63) is 52.5 Å². The number of hydrogen-bond acceptors (Lipinski definition) is 3. The maximum Gasteiger partial charge on any atom is 0.586 e. The van der Waals surface area contributed by atoms with Crippen LogP contribution in [0.2, 0.25) is 5.02 Å². The molecule has 2 aromatic carbocycles. The normalized spacial score (nSPS) is 15.1. The number of carbonyl (C=O) groups excluding carboxylic acids is 1. The largest absolute Gasteiger partial charge is 0.586 e. The molecular weight excluding hydrogens is 373 g/mol. The third kappa shape index (κ3) is 3.60. The van der Waals surface area contributed by atoms with E-state index in [1.165, 1.54) is 6.07 Å². The number of carbonyl (C=O) groups is 1. The van der Waals surface area contributed by atoms with Crippen LogP contribution in [-0.2, 0) is 6.18 Å². The lowest BCUT2D eigenvalue weighted by Crippen LogP contribution is -2.25. The standard InChI is InChI=1S/C15H7ClF5NO3/c16-10-3-1-7(5-9(10)14(17,18)19)13(23)22-8-2-4-11-12(6-8)25-15(20,21)24-11/h1-6H,(H,22,23). The van der Waals surface area contributed by atoms with Gasteiger partial charge in [0.15, 0.2) is 11.5 Å². The molecule has 0 saturated carbocycles. The zero-order valence-corrected chi connectivity index (χ0v) is 12.7. The Balaban J connectivity index is 1.82. The number of nitrogens with one attached hydrogen (secondary N) is 1. The molecule has 0 saturated heterocycles. The van der Waals surface area contributed by atoms with Crippen molar-refractivity contribution in [1.29, 1.82) is 0 Å². The Labute approximate surface area is 142 Å². The molecule has 0 radical (unpaired) electrons. The van der Waals surface area contributed by atoms with E-state index in [1.807, 2.05) is 0 Å². The van der Waals surface area contributed by atoms with Crippen LogP contribution in [0.5, 0.6) is 11.5 Å². The van der Waals surface area contributed by atoms with E-state index in [-0.39, 0.29) is 22.7 Å². The van der Waals surface area contributed by atoms with E-state index in [9.17, 15) is 26.7 Å². The second kappa shape index (κ2) is 5.76. The van der Waals surface area contributed by atoms with Gasteiger partial charge in [-0.1, -0.05) is 11.6 Å². The number of halogens is 6. The average Bonchev–Trinajstić information content (AvgIpc) is 2.79. The first-order valence-corrected chi connectivity index (χ1v) is 7.01. The predicted octanol–water partition coefficient (Wildman–Crippen LogP) is 4.93. The predicted molar refractivity (Wildman–Crippen MR) is 77.1 cm³/mol. The van der Waals surface area contributed by atoms with E-state index in [1.54, 1.807) is 0 Å². The molecule has 0 bridgehead atoms. The third-order valence-corrected chi connectivity index (χ3v) is 3.52. The molecule has 1 aliphatic heterocycles. The summed E-state index contributed by atoms with van der Waals surface area (Å²) in [5, 5.41) is 1.74. The van der Waals surface area contributed by atoms with Crippen molar-refractivity contribution in [2.24, 2.45) is 0 Å². The van der Waals surface area contributed by atoms with Gasteiger partial charge in [-0.3, -0.25) is 4.79 Å². The second-order valence-electron chi connectivity index (χ2n) is 4.98. The molecule has 1 heterocycles. The second-order valence-corrected chi connectivity index (χ2v) is 5.38. The smallest absolute Gasteiger partial charge is 0.395 e. The maximum absolute atomic E-state index is 12.9. The van der Waals surface area contributed by atoms with Gasteiger partial charge in [0.2, 0.25) is 0 Å². The summed E-state index contributed by atoms with van der Waals surface area (Å²) in [4.78, 5) is 12.1. The van der Waals surface area contributed by atoms with Gasteiger partial charge in [0.1, 0.15) is 0 Å². The zero-order chi connectivity index (χ0) is 18.4. The van der Waals surface area contributed by atoms with Gasteiger partial charge in [-0.05, 0) is 30.3 Å². The Morgan fingerprint density at radius 1 is 1.04 bits per heavy atom. The fourth-order valence-electron chi connectivity index (χ4n) is 2.11. The van der Waals surface area contributed by atoms with E-state index in [2.05, 4.69) is 14.8 Å². The van der Waals surface area contributed by atoms with E-state index in [4.69, 9.17) is 11.6 Å². The average molecular weight is 380 g/mol. The van der Waals surface area contributed by atoms with Gasteiger partial charge in [0.25, 0.3) is 5.91 Å². The highest BCUT2D eigenvalue weighted by Crippen LogP contribution is 2.42. The number of amides is 1. The van der Waals surface area contributed by atoms with Gasteiger partial charge in [0.05, 0.1) is 10.6 Å². The lowest BCUT2D eigenvalue weighted by molar-refractivity contribution is -0.286. The van der Waals surface area contributed by atoms with Crippen molar-refractivity contribution >= 4 is 23.2 Å². The Morgan fingerprint density at radius 2 is 1.72 bits per heavy atom. The molecule has 1 N–H and O–H groups in total. The molecular formula is C15H7ClF5NO3. The fraction of sp³-hybridized carbons (Fsp3) is 0.133. The van der Waals surface area contributed by atoms with Crippen LogP contribution in [0.3, 0.4) is 0 Å². The van der Waals surface area contributed by atoms with Crippen LogP contribution in [0.1, 0.15) is 15.9 Å². The summed E-state index contributed by atoms with van der Waals surface area (Å²) >= 11 is 5.48. The molecule has 0 unspecified atom stereocenters. The lowest BCUT2D eigenvalue weighted by Gasteiger charge is -2.11. The van der Waals surface area contributed by atoms with Crippen LogP contribution in [0.15, 0.2) is 36.4 Å². The highest BCUT2D eigenvalue weighted by atomic mass is 35.5. The highest BCUT2D eigenvalue weighted by Gasteiger charge is 2.43. The van der Waals surface area contributed by atoms with Crippen LogP contribution < -0.4 is 14.8 Å². The first kappa shape index (κ1) is 17.3. The van der Waals surface area contributed by atoms with E-state index < -0.39 is 29.0 Å². The van der Waals surface area contributed by atoms with Gasteiger partial charge in [0, 0.05) is 17.3 Å². The summed E-state index contributed by atoms with van der Waals surface area (Å²) in [6.07, 6.45) is -8.54. The monoisotopic (exact) mass is 379 g/mol. The van der Waals surface area contributed by atoms with Crippen molar-refractivity contribution in [3.63, 3.8) is 0 Å². The summed E-state index contributed by atoms with van der Waals surface area (Å²) in [5.74, 6) is -1.42. The maximum atomic E-state index is 12.9. The molecule has 0 aromatic heterocycles. The third-order valence-electron chi connectivity index (χ3n) is 3.19. The van der Waals surface area contributed by atoms with Crippen molar-refractivity contribution in [3.8, 4) is 11.5 Å². The van der Waals surface area contributed by atoms with E-state index in [0.29, 0.717) is 6.07 Å². The van der Waals surface area contributed by atoms with Crippen LogP contribution >= 0.6 is 11.6 Å². The van der Waals surface area contributed by atoms with Crippen molar-refractivity contribution in [2.45, 2.75) is 12.5 Å². The number of benzene rings is 2. The van der Waals surface area contributed by atoms with Gasteiger partial charge >= 0.3 is 12.5 Å². The molecule has 10 heteroatoms. The molecule has 0 spiro atoms. The number of hydrogen-bond donors (Lipinski definition) is 1. The van der Waals surface area contributed by atoms with E-state index >= 15 is 0 Å². The summed E-state index contributed by atoms with van der Waals surface area (Å²) < 4.78 is 72.8. The molecule has 1 amide bonds. The van der Waals surface area contributed by atoms with Crippen molar-refractivity contribution in [1.82, 2.24) is 0 Å². The first-order valence-electron chi connectivity index (χ1n) is 6.63. The highest BCUT2D eigenvalue weighted by molar-refractivity contribution is 6.31. The topological polar surface area (TPSA) is 47.6 Å². The van der Waals surface area contributed by atoms with Gasteiger partial charge < -0.3 is 14.8 Å². The molecule has 2 aromatic rings.